The molecule has 0 aromatic carbocycles. The first kappa shape index (κ1) is 16.9. The average Bonchev–Trinajstić information content (AvgIpc) is 2.47. The second-order valence-electron chi connectivity index (χ2n) is 5.39. The van der Waals surface area contributed by atoms with E-state index in [1.54, 1.807) is 11.9 Å². The molecule has 0 aliphatic heterocycles. The smallest absolute Gasteiger partial charge is 0.248 e. The summed E-state index contributed by atoms with van der Waals surface area (Å²) in [4.78, 5) is 27.1. The van der Waals surface area contributed by atoms with Crippen LogP contribution in [-0.2, 0) is 14.3 Å². The van der Waals surface area contributed by atoms with Gasteiger partial charge in [-0.3, -0.25) is 9.59 Å². The van der Waals surface area contributed by atoms with E-state index in [0.29, 0.717) is 19.2 Å². The van der Waals surface area contributed by atoms with Crippen LogP contribution in [0.2, 0.25) is 0 Å². The summed E-state index contributed by atoms with van der Waals surface area (Å²) in [5, 5.41) is 0. The molecule has 0 spiro atoms. The van der Waals surface area contributed by atoms with Gasteiger partial charge < -0.3 is 20.3 Å². The highest BCUT2D eigenvalue weighted by Gasteiger charge is 2.23. The second-order valence-corrected chi connectivity index (χ2v) is 5.39. The van der Waals surface area contributed by atoms with Gasteiger partial charge in [-0.1, -0.05) is 19.3 Å². The van der Waals surface area contributed by atoms with Crippen molar-refractivity contribution in [1.29, 1.82) is 0 Å². The Morgan fingerprint density at radius 2 is 1.80 bits per heavy atom. The van der Waals surface area contributed by atoms with Crippen molar-refractivity contribution in [3.8, 4) is 0 Å². The number of hydrogen-bond donors (Lipinski definition) is 1. The highest BCUT2D eigenvalue weighted by atomic mass is 16.5. The van der Waals surface area contributed by atoms with Crippen LogP contribution in [0.4, 0.5) is 0 Å². The molecule has 1 aliphatic carbocycles. The first-order valence-electron chi connectivity index (χ1n) is 7.33. The number of rotatable bonds is 7. The van der Waals surface area contributed by atoms with Crippen LogP contribution in [0.15, 0.2) is 0 Å². The molecular weight excluding hydrogens is 258 g/mol. The molecule has 6 nitrogen and oxygen atoms in total. The zero-order chi connectivity index (χ0) is 15.0. The van der Waals surface area contributed by atoms with Gasteiger partial charge in [-0.15, -0.1) is 0 Å². The fourth-order valence-electron chi connectivity index (χ4n) is 2.43. The molecule has 2 N–H and O–H groups in total. The van der Waals surface area contributed by atoms with Gasteiger partial charge in [-0.05, 0) is 12.8 Å². The Kier molecular flexibility index (Phi) is 7.54. The van der Waals surface area contributed by atoms with Gasteiger partial charge in [0.1, 0.15) is 6.61 Å². The number of nitrogens with two attached hydrogens (primary N) is 1. The minimum Gasteiger partial charge on any atom is -0.370 e. The summed E-state index contributed by atoms with van der Waals surface area (Å²) in [6.07, 6.45) is 5.77. The Morgan fingerprint density at radius 3 is 2.40 bits per heavy atom. The summed E-state index contributed by atoms with van der Waals surface area (Å²) in [7, 11) is 3.46. The topological polar surface area (TPSA) is 75.9 Å². The van der Waals surface area contributed by atoms with Crippen molar-refractivity contribution < 1.29 is 14.3 Å². The Bertz CT molecular complexity index is 317. The lowest BCUT2D eigenvalue weighted by molar-refractivity contribution is -0.142. The number of amides is 2. The zero-order valence-corrected chi connectivity index (χ0v) is 12.6. The van der Waals surface area contributed by atoms with Gasteiger partial charge in [0.25, 0.3) is 0 Å². The van der Waals surface area contributed by atoms with Gasteiger partial charge >= 0.3 is 0 Å². The fraction of sp³-hybridized carbons (Fsp3) is 0.857. The van der Waals surface area contributed by atoms with E-state index in [1.807, 2.05) is 7.05 Å². The van der Waals surface area contributed by atoms with Gasteiger partial charge in [0, 0.05) is 26.7 Å². The predicted octanol–water partition coefficient (Wildman–Crippen LogP) is 0.211. The van der Waals surface area contributed by atoms with Crippen LogP contribution in [0.25, 0.3) is 0 Å². The molecular formula is C14H27N3O3. The molecule has 0 aromatic heterocycles. The molecule has 0 saturated heterocycles. The lowest BCUT2D eigenvalue weighted by atomic mass is 9.94. The number of ether oxygens (including phenoxy) is 1. The number of carbonyl (C=O) groups is 2. The monoisotopic (exact) mass is 285 g/mol. The Labute approximate surface area is 121 Å². The minimum absolute atomic E-state index is 0.00780. The lowest BCUT2D eigenvalue weighted by Crippen LogP contribution is -2.45. The van der Waals surface area contributed by atoms with Crippen LogP contribution in [0.5, 0.6) is 0 Å². The minimum atomic E-state index is -0.191. The van der Waals surface area contributed by atoms with E-state index in [2.05, 4.69) is 0 Å². The molecule has 0 radical (unpaired) electrons. The van der Waals surface area contributed by atoms with Crippen molar-refractivity contribution >= 4 is 11.8 Å². The van der Waals surface area contributed by atoms with Crippen LogP contribution in [0.3, 0.4) is 0 Å². The summed E-state index contributed by atoms with van der Waals surface area (Å²) in [6, 6.07) is 0.327. The highest BCUT2D eigenvalue weighted by Crippen LogP contribution is 2.21. The second kappa shape index (κ2) is 8.92. The molecule has 1 saturated carbocycles. The summed E-state index contributed by atoms with van der Waals surface area (Å²) < 4.78 is 5.08. The molecule has 0 atom stereocenters. The van der Waals surface area contributed by atoms with Crippen LogP contribution in [-0.4, -0.2) is 68.1 Å². The van der Waals surface area contributed by atoms with Crippen LogP contribution < -0.4 is 5.73 Å². The first-order valence-corrected chi connectivity index (χ1v) is 7.33. The van der Waals surface area contributed by atoms with Crippen molar-refractivity contribution in [1.82, 2.24) is 9.80 Å². The normalized spacial score (nSPS) is 15.9. The van der Waals surface area contributed by atoms with E-state index < -0.39 is 0 Å². The van der Waals surface area contributed by atoms with E-state index in [-0.39, 0.29) is 25.0 Å². The molecule has 1 aliphatic rings. The van der Waals surface area contributed by atoms with Crippen LogP contribution >= 0.6 is 0 Å². The largest absolute Gasteiger partial charge is 0.370 e. The van der Waals surface area contributed by atoms with E-state index in [0.717, 1.165) is 12.8 Å². The predicted molar refractivity (Wildman–Crippen MR) is 77.2 cm³/mol. The molecule has 116 valence electrons. The SMILES string of the molecule is CN(CC(=O)N(C)C1CCCCC1)C(=O)COCCN. The highest BCUT2D eigenvalue weighted by molar-refractivity contribution is 5.85. The van der Waals surface area contributed by atoms with Crippen molar-refractivity contribution in [2.45, 2.75) is 38.1 Å². The number of nitrogens with zero attached hydrogens (tertiary/aromatic N) is 2. The standard InChI is InChI=1S/C14H27N3O3/c1-16(14(19)11-20-9-8-15)10-13(18)17(2)12-6-4-3-5-7-12/h12H,3-11,15H2,1-2H3. The summed E-state index contributed by atoms with van der Waals surface area (Å²) in [6.45, 7) is 0.835. The van der Waals surface area contributed by atoms with Gasteiger partial charge in [0.15, 0.2) is 0 Å². The molecule has 0 aromatic rings. The van der Waals surface area contributed by atoms with Gasteiger partial charge in [0.05, 0.1) is 13.2 Å². The van der Waals surface area contributed by atoms with Crippen molar-refractivity contribution in [2.24, 2.45) is 5.73 Å². The molecule has 1 fully saturated rings. The maximum absolute atomic E-state index is 12.2. The molecule has 20 heavy (non-hydrogen) atoms. The number of likely N-dealkylation sites (N-methyl/N-ethyl adjacent to an activating group) is 2. The van der Waals surface area contributed by atoms with E-state index >= 15 is 0 Å². The molecule has 1 rings (SSSR count). The van der Waals surface area contributed by atoms with E-state index in [1.165, 1.54) is 24.2 Å². The Balaban J connectivity index is 2.33. The molecule has 0 unspecified atom stereocenters. The van der Waals surface area contributed by atoms with E-state index in [9.17, 15) is 9.59 Å². The van der Waals surface area contributed by atoms with Crippen LogP contribution in [0, 0.1) is 0 Å². The maximum atomic E-state index is 12.2. The summed E-state index contributed by atoms with van der Waals surface area (Å²) >= 11 is 0. The average molecular weight is 285 g/mol. The third-order valence-electron chi connectivity index (χ3n) is 3.80. The molecule has 2 amide bonds. The van der Waals surface area contributed by atoms with Gasteiger partial charge in [0.2, 0.25) is 11.8 Å². The molecule has 6 heteroatoms. The van der Waals surface area contributed by atoms with Gasteiger partial charge in [-0.2, -0.15) is 0 Å². The quantitative estimate of drug-likeness (QED) is 0.679. The third-order valence-corrected chi connectivity index (χ3v) is 3.80. The summed E-state index contributed by atoms with van der Waals surface area (Å²) in [5.41, 5.74) is 5.28. The van der Waals surface area contributed by atoms with Gasteiger partial charge in [-0.25, -0.2) is 0 Å². The molecule has 0 bridgehead atoms. The third kappa shape index (κ3) is 5.46. The Hall–Kier alpha value is -1.14. The maximum Gasteiger partial charge on any atom is 0.248 e. The van der Waals surface area contributed by atoms with Crippen LogP contribution in [0.1, 0.15) is 32.1 Å². The van der Waals surface area contributed by atoms with E-state index in [4.69, 9.17) is 10.5 Å². The Morgan fingerprint density at radius 1 is 1.15 bits per heavy atom. The molecule has 0 heterocycles. The summed E-state index contributed by atoms with van der Waals surface area (Å²) in [5.74, 6) is -0.199. The van der Waals surface area contributed by atoms with Crippen molar-refractivity contribution in [3.05, 3.63) is 0 Å². The zero-order valence-electron chi connectivity index (χ0n) is 12.6. The number of carbonyl (C=O) groups excluding carboxylic acids is 2. The van der Waals surface area contributed by atoms with Crippen molar-refractivity contribution in [2.75, 3.05) is 40.4 Å². The first-order chi connectivity index (χ1) is 9.56. The fourth-order valence-corrected chi connectivity index (χ4v) is 2.43. The number of hydrogen-bond acceptors (Lipinski definition) is 4. The lowest BCUT2D eigenvalue weighted by Gasteiger charge is -2.32. The van der Waals surface area contributed by atoms with Crippen molar-refractivity contribution in [3.63, 3.8) is 0 Å².